The van der Waals surface area contributed by atoms with Gasteiger partial charge in [-0.25, -0.2) is 0 Å². The predicted octanol–water partition coefficient (Wildman–Crippen LogP) is 6.41. The zero-order valence-corrected chi connectivity index (χ0v) is 16.2. The molecule has 0 bridgehead atoms. The molecule has 0 fully saturated rings. The van der Waals surface area contributed by atoms with Crippen LogP contribution >= 0.6 is 55.1 Å². The van der Waals surface area contributed by atoms with Gasteiger partial charge < -0.3 is 5.32 Å². The zero-order chi connectivity index (χ0) is 15.4. The topological polar surface area (TPSA) is 12.0 Å². The summed E-state index contributed by atoms with van der Waals surface area (Å²) in [7, 11) is 0. The second-order valence-electron chi connectivity index (χ2n) is 4.72. The summed E-state index contributed by atoms with van der Waals surface area (Å²) in [6.45, 7) is 2.96. The van der Waals surface area contributed by atoms with E-state index in [4.69, 9.17) is 23.2 Å². The molecular weight excluding hydrogens is 437 g/mol. The Labute approximate surface area is 152 Å². The lowest BCUT2D eigenvalue weighted by atomic mass is 9.98. The van der Waals surface area contributed by atoms with E-state index < -0.39 is 0 Å². The van der Waals surface area contributed by atoms with Crippen molar-refractivity contribution in [2.45, 2.75) is 19.4 Å². The minimum Gasteiger partial charge on any atom is -0.310 e. The molecule has 112 valence electrons. The van der Waals surface area contributed by atoms with Crippen LogP contribution in [0, 0.1) is 0 Å². The summed E-state index contributed by atoms with van der Waals surface area (Å²) in [5.74, 6) is 0. The standard InChI is InChI=1S/C16H15Br2Cl2N/c1-2-21-16(10-6-11(17)8-12(18)7-10)9-13-14(19)4-3-5-15(13)20/h3-8,16,21H,2,9H2,1H3. The van der Waals surface area contributed by atoms with Gasteiger partial charge in [-0.05, 0) is 54.4 Å². The third-order valence-corrected chi connectivity index (χ3v) is 4.83. The summed E-state index contributed by atoms with van der Waals surface area (Å²) in [5.41, 5.74) is 2.16. The minimum atomic E-state index is 0.154. The van der Waals surface area contributed by atoms with Crippen LogP contribution in [0.5, 0.6) is 0 Å². The molecule has 1 unspecified atom stereocenters. The molecule has 21 heavy (non-hydrogen) atoms. The number of halogens is 4. The Morgan fingerprint density at radius 2 is 1.62 bits per heavy atom. The molecule has 0 aliphatic heterocycles. The van der Waals surface area contributed by atoms with E-state index in [-0.39, 0.29) is 6.04 Å². The van der Waals surface area contributed by atoms with Crippen LogP contribution in [0.15, 0.2) is 45.3 Å². The van der Waals surface area contributed by atoms with Crippen LogP contribution in [0.2, 0.25) is 10.0 Å². The minimum absolute atomic E-state index is 0.154. The Morgan fingerprint density at radius 3 is 2.14 bits per heavy atom. The van der Waals surface area contributed by atoms with E-state index in [9.17, 15) is 0 Å². The molecular formula is C16H15Br2Cl2N. The van der Waals surface area contributed by atoms with Crippen LogP contribution in [0.1, 0.15) is 24.1 Å². The maximum absolute atomic E-state index is 6.29. The fourth-order valence-corrected chi connectivity index (χ4v) is 4.14. The number of likely N-dealkylation sites (N-methyl/N-ethyl adjacent to an activating group) is 1. The molecule has 0 amide bonds. The smallest absolute Gasteiger partial charge is 0.0453 e. The van der Waals surface area contributed by atoms with E-state index in [0.717, 1.165) is 27.5 Å². The van der Waals surface area contributed by atoms with Crippen molar-refractivity contribution >= 4 is 55.1 Å². The molecule has 0 aliphatic rings. The highest BCUT2D eigenvalue weighted by Crippen LogP contribution is 2.31. The molecule has 1 N–H and O–H groups in total. The molecule has 1 nitrogen and oxygen atoms in total. The van der Waals surface area contributed by atoms with Crippen molar-refractivity contribution < 1.29 is 0 Å². The normalized spacial score (nSPS) is 12.4. The van der Waals surface area contributed by atoms with Gasteiger partial charge in [-0.3, -0.25) is 0 Å². The number of hydrogen-bond donors (Lipinski definition) is 1. The summed E-state index contributed by atoms with van der Waals surface area (Å²) in [4.78, 5) is 0. The van der Waals surface area contributed by atoms with Gasteiger partial charge in [0.1, 0.15) is 0 Å². The highest BCUT2D eigenvalue weighted by molar-refractivity contribution is 9.11. The number of rotatable bonds is 5. The van der Waals surface area contributed by atoms with Gasteiger partial charge >= 0.3 is 0 Å². The van der Waals surface area contributed by atoms with Crippen molar-refractivity contribution in [3.8, 4) is 0 Å². The molecule has 0 spiro atoms. The summed E-state index contributed by atoms with van der Waals surface area (Å²) >= 11 is 19.7. The fraction of sp³-hybridized carbons (Fsp3) is 0.250. The van der Waals surface area contributed by atoms with Crippen LogP contribution < -0.4 is 5.32 Å². The van der Waals surface area contributed by atoms with Gasteiger partial charge in [-0.15, -0.1) is 0 Å². The van der Waals surface area contributed by atoms with E-state index in [1.807, 2.05) is 24.3 Å². The molecule has 0 aromatic heterocycles. The molecule has 0 radical (unpaired) electrons. The number of nitrogens with one attached hydrogen (secondary N) is 1. The lowest BCUT2D eigenvalue weighted by Gasteiger charge is -2.20. The van der Waals surface area contributed by atoms with E-state index >= 15 is 0 Å². The van der Waals surface area contributed by atoms with Crippen LogP contribution in [0.3, 0.4) is 0 Å². The SMILES string of the molecule is CCNC(Cc1c(Cl)cccc1Cl)c1cc(Br)cc(Br)c1. The molecule has 2 aromatic rings. The predicted molar refractivity (Wildman–Crippen MR) is 98.4 cm³/mol. The number of benzene rings is 2. The molecule has 5 heteroatoms. The van der Waals surface area contributed by atoms with Gasteiger partial charge in [0.05, 0.1) is 0 Å². The Bertz CT molecular complexity index is 591. The van der Waals surface area contributed by atoms with Crippen molar-refractivity contribution in [3.63, 3.8) is 0 Å². The van der Waals surface area contributed by atoms with Gasteiger partial charge in [0.15, 0.2) is 0 Å². The Balaban J connectivity index is 2.35. The molecule has 1 atom stereocenters. The van der Waals surface area contributed by atoms with Gasteiger partial charge in [0, 0.05) is 25.0 Å². The molecule has 0 heterocycles. The lowest BCUT2D eigenvalue weighted by Crippen LogP contribution is -2.23. The maximum Gasteiger partial charge on any atom is 0.0453 e. The molecule has 0 aliphatic carbocycles. The van der Waals surface area contributed by atoms with E-state index in [2.05, 4.69) is 56.2 Å². The summed E-state index contributed by atoms with van der Waals surface area (Å²) < 4.78 is 2.08. The second-order valence-corrected chi connectivity index (χ2v) is 7.36. The monoisotopic (exact) mass is 449 g/mol. The first-order valence-electron chi connectivity index (χ1n) is 6.63. The van der Waals surface area contributed by atoms with Crippen LogP contribution in [-0.4, -0.2) is 6.54 Å². The van der Waals surface area contributed by atoms with Crippen LogP contribution in [0.25, 0.3) is 0 Å². The van der Waals surface area contributed by atoms with Gasteiger partial charge in [-0.2, -0.15) is 0 Å². The van der Waals surface area contributed by atoms with E-state index in [1.165, 1.54) is 5.56 Å². The number of hydrogen-bond acceptors (Lipinski definition) is 1. The van der Waals surface area contributed by atoms with Gasteiger partial charge in [-0.1, -0.05) is 68.1 Å². The van der Waals surface area contributed by atoms with Crippen molar-refractivity contribution in [1.29, 1.82) is 0 Å². The van der Waals surface area contributed by atoms with Gasteiger partial charge in [0.2, 0.25) is 0 Å². The first-order valence-corrected chi connectivity index (χ1v) is 8.97. The van der Waals surface area contributed by atoms with Crippen molar-refractivity contribution in [2.24, 2.45) is 0 Å². The van der Waals surface area contributed by atoms with E-state index in [1.54, 1.807) is 0 Å². The quantitative estimate of drug-likeness (QED) is 0.553. The largest absolute Gasteiger partial charge is 0.310 e. The van der Waals surface area contributed by atoms with Crippen molar-refractivity contribution in [1.82, 2.24) is 5.32 Å². The highest BCUT2D eigenvalue weighted by Gasteiger charge is 2.16. The molecule has 2 aromatic carbocycles. The highest BCUT2D eigenvalue weighted by atomic mass is 79.9. The van der Waals surface area contributed by atoms with Crippen molar-refractivity contribution in [2.75, 3.05) is 6.54 Å². The summed E-state index contributed by atoms with van der Waals surface area (Å²) in [6.07, 6.45) is 0.745. The van der Waals surface area contributed by atoms with Crippen LogP contribution in [0.4, 0.5) is 0 Å². The first kappa shape index (κ1) is 17.3. The van der Waals surface area contributed by atoms with E-state index in [0.29, 0.717) is 10.0 Å². The zero-order valence-electron chi connectivity index (χ0n) is 11.5. The molecule has 2 rings (SSSR count). The Morgan fingerprint density at radius 1 is 1.05 bits per heavy atom. The lowest BCUT2D eigenvalue weighted by molar-refractivity contribution is 0.549. The fourth-order valence-electron chi connectivity index (χ4n) is 2.26. The third kappa shape index (κ3) is 4.70. The Hall–Kier alpha value is -0.0600. The second kappa shape index (κ2) is 7.98. The van der Waals surface area contributed by atoms with Crippen molar-refractivity contribution in [3.05, 3.63) is 66.5 Å². The van der Waals surface area contributed by atoms with Gasteiger partial charge in [0.25, 0.3) is 0 Å². The average molecular weight is 452 g/mol. The maximum atomic E-state index is 6.29. The van der Waals surface area contributed by atoms with Crippen LogP contribution in [-0.2, 0) is 6.42 Å². The Kier molecular flexibility index (Phi) is 6.57. The third-order valence-electron chi connectivity index (χ3n) is 3.21. The summed E-state index contributed by atoms with van der Waals surface area (Å²) in [5, 5.41) is 4.91. The summed E-state index contributed by atoms with van der Waals surface area (Å²) in [6, 6.07) is 12.0. The molecule has 0 saturated carbocycles. The molecule has 0 saturated heterocycles. The first-order chi connectivity index (χ1) is 10.0. The average Bonchev–Trinajstić information content (AvgIpc) is 2.40.